The molecule has 0 spiro atoms. The average molecular weight is 656 g/mol. The van der Waals surface area contributed by atoms with Crippen molar-refractivity contribution in [3.63, 3.8) is 0 Å². The molecule has 1 saturated heterocycles. The number of carboxylic acid groups (broad SMARTS) is 1. The number of ketones is 1. The Bertz CT molecular complexity index is 1480. The van der Waals surface area contributed by atoms with Gasteiger partial charge in [0.15, 0.2) is 18.1 Å². The van der Waals surface area contributed by atoms with E-state index in [1.54, 1.807) is 30.3 Å². The average Bonchev–Trinajstić information content (AvgIpc) is 3.07. The summed E-state index contributed by atoms with van der Waals surface area (Å²) in [5, 5.41) is 19.7. The van der Waals surface area contributed by atoms with Gasteiger partial charge in [-0.05, 0) is 75.3 Å². The molecule has 3 rings (SSSR count). The van der Waals surface area contributed by atoms with Gasteiger partial charge in [0.05, 0.1) is 19.6 Å². The summed E-state index contributed by atoms with van der Waals surface area (Å²) in [7, 11) is 2.90. The minimum Gasteiger partial charge on any atom is -0.508 e. The molecule has 0 radical (unpaired) electrons. The number of piperidine rings is 1. The number of likely N-dealkylation sites (tertiary alicyclic amines) is 1. The SMILES string of the molecule is C=CC(=O)OCC(C)(C)C(=O)C(=O)N1CCCC[C@H]1C(=O)OC(CCc1cc(OC)c(OC)cc1O)c1cccc(OCC(=O)O)c1. The zero-order chi connectivity index (χ0) is 34.7. The van der Waals surface area contributed by atoms with Gasteiger partial charge in [0, 0.05) is 18.7 Å². The highest BCUT2D eigenvalue weighted by atomic mass is 16.5. The number of amides is 1. The van der Waals surface area contributed by atoms with E-state index in [-0.39, 0.29) is 43.9 Å². The summed E-state index contributed by atoms with van der Waals surface area (Å²) in [4.78, 5) is 64.3. The number of esters is 2. The Kier molecular flexibility index (Phi) is 12.8. The number of aryl methyl sites for hydroxylation is 1. The van der Waals surface area contributed by atoms with Crippen LogP contribution in [0.1, 0.15) is 56.8 Å². The smallest absolute Gasteiger partial charge is 0.341 e. The summed E-state index contributed by atoms with van der Waals surface area (Å²) in [6.45, 7) is 5.48. The van der Waals surface area contributed by atoms with E-state index in [9.17, 15) is 29.1 Å². The molecule has 0 aliphatic carbocycles. The van der Waals surface area contributed by atoms with Crippen molar-refractivity contribution < 1.29 is 57.9 Å². The molecular formula is C34H41NO12. The first kappa shape index (κ1) is 36.4. The molecule has 1 aliphatic rings. The Balaban J connectivity index is 1.88. The van der Waals surface area contributed by atoms with E-state index in [4.69, 9.17) is 28.8 Å². The number of ether oxygens (including phenoxy) is 5. The minimum absolute atomic E-state index is 0.0600. The van der Waals surface area contributed by atoms with E-state index in [0.717, 1.165) is 6.08 Å². The van der Waals surface area contributed by atoms with E-state index in [1.807, 2.05) is 0 Å². The molecule has 1 unspecified atom stereocenters. The van der Waals surface area contributed by atoms with Crippen molar-refractivity contribution in [3.05, 3.63) is 60.2 Å². The lowest BCUT2D eigenvalue weighted by molar-refractivity contribution is -0.165. The van der Waals surface area contributed by atoms with Crippen molar-refractivity contribution in [2.45, 2.75) is 58.1 Å². The Morgan fingerprint density at radius 3 is 2.43 bits per heavy atom. The van der Waals surface area contributed by atoms with Crippen LogP contribution >= 0.6 is 0 Å². The molecule has 0 bridgehead atoms. The number of nitrogens with zero attached hydrogens (tertiary/aromatic N) is 1. The summed E-state index contributed by atoms with van der Waals surface area (Å²) >= 11 is 0. The first-order chi connectivity index (χ1) is 22.3. The molecule has 47 heavy (non-hydrogen) atoms. The zero-order valence-corrected chi connectivity index (χ0v) is 27.0. The maximum Gasteiger partial charge on any atom is 0.341 e. The van der Waals surface area contributed by atoms with Gasteiger partial charge in [-0.2, -0.15) is 0 Å². The summed E-state index contributed by atoms with van der Waals surface area (Å²) in [5.41, 5.74) is -0.389. The maximum absolute atomic E-state index is 13.8. The van der Waals surface area contributed by atoms with Gasteiger partial charge in [0.2, 0.25) is 5.78 Å². The first-order valence-electron chi connectivity index (χ1n) is 15.0. The van der Waals surface area contributed by atoms with Crippen molar-refractivity contribution in [1.82, 2.24) is 4.90 Å². The lowest BCUT2D eigenvalue weighted by Gasteiger charge is -2.36. The fourth-order valence-corrected chi connectivity index (χ4v) is 5.07. The predicted molar refractivity (Wildman–Crippen MR) is 167 cm³/mol. The molecule has 13 heteroatoms. The molecule has 13 nitrogen and oxygen atoms in total. The molecule has 1 amide bonds. The van der Waals surface area contributed by atoms with Crippen LogP contribution in [0, 0.1) is 5.41 Å². The van der Waals surface area contributed by atoms with Crippen LogP contribution in [0.5, 0.6) is 23.0 Å². The number of benzene rings is 2. The number of hydrogen-bond acceptors (Lipinski definition) is 11. The van der Waals surface area contributed by atoms with Gasteiger partial charge < -0.3 is 38.8 Å². The van der Waals surface area contributed by atoms with Crippen LogP contribution in [0.15, 0.2) is 49.1 Å². The number of methoxy groups -OCH3 is 2. The van der Waals surface area contributed by atoms with E-state index >= 15 is 0 Å². The van der Waals surface area contributed by atoms with Crippen LogP contribution in [0.3, 0.4) is 0 Å². The minimum atomic E-state index is -1.36. The Morgan fingerprint density at radius 1 is 1.06 bits per heavy atom. The van der Waals surface area contributed by atoms with Gasteiger partial charge in [-0.15, -0.1) is 0 Å². The fraction of sp³-hybridized carbons (Fsp3) is 0.441. The maximum atomic E-state index is 13.8. The zero-order valence-electron chi connectivity index (χ0n) is 27.0. The Hall–Kier alpha value is -5.07. The van der Waals surface area contributed by atoms with Crippen molar-refractivity contribution >= 4 is 29.6 Å². The first-order valence-corrected chi connectivity index (χ1v) is 15.0. The lowest BCUT2D eigenvalue weighted by atomic mass is 9.87. The predicted octanol–water partition coefficient (Wildman–Crippen LogP) is 3.80. The van der Waals surface area contributed by atoms with E-state index in [1.165, 1.54) is 39.0 Å². The Labute approximate surface area is 273 Å². The topological polar surface area (TPSA) is 175 Å². The van der Waals surface area contributed by atoms with E-state index in [2.05, 4.69) is 6.58 Å². The number of phenols is 1. The molecule has 0 saturated carbocycles. The second-order valence-electron chi connectivity index (χ2n) is 11.6. The third-order valence-corrected chi connectivity index (χ3v) is 7.70. The van der Waals surface area contributed by atoms with Crippen LogP contribution in [0.2, 0.25) is 0 Å². The van der Waals surface area contributed by atoms with Gasteiger partial charge in [-0.3, -0.25) is 9.59 Å². The summed E-state index contributed by atoms with van der Waals surface area (Å²) in [6, 6.07) is 8.38. The van der Waals surface area contributed by atoms with Crippen LogP contribution < -0.4 is 14.2 Å². The number of rotatable bonds is 16. The van der Waals surface area contributed by atoms with Gasteiger partial charge in [0.25, 0.3) is 5.91 Å². The largest absolute Gasteiger partial charge is 0.508 e. The summed E-state index contributed by atoms with van der Waals surface area (Å²) in [5.74, 6) is -3.45. The molecule has 1 fully saturated rings. The summed E-state index contributed by atoms with van der Waals surface area (Å²) < 4.78 is 27.0. The van der Waals surface area contributed by atoms with Gasteiger partial charge >= 0.3 is 17.9 Å². The molecule has 2 aromatic rings. The monoisotopic (exact) mass is 655 g/mol. The fourth-order valence-electron chi connectivity index (χ4n) is 5.07. The molecule has 1 heterocycles. The highest BCUT2D eigenvalue weighted by Gasteiger charge is 2.42. The molecule has 254 valence electrons. The second-order valence-corrected chi connectivity index (χ2v) is 11.6. The quantitative estimate of drug-likeness (QED) is 0.152. The van der Waals surface area contributed by atoms with Gasteiger partial charge in [-0.1, -0.05) is 18.7 Å². The van der Waals surface area contributed by atoms with E-state index < -0.39 is 53.8 Å². The van der Waals surface area contributed by atoms with E-state index in [0.29, 0.717) is 35.5 Å². The van der Waals surface area contributed by atoms with Crippen molar-refractivity contribution in [1.29, 1.82) is 0 Å². The summed E-state index contributed by atoms with van der Waals surface area (Å²) in [6.07, 6.45) is 1.85. The van der Waals surface area contributed by atoms with Gasteiger partial charge in [-0.25, -0.2) is 14.4 Å². The number of Topliss-reactive ketones (excluding diaryl/α,β-unsaturated/α-hetero) is 1. The number of phenolic OH excluding ortho intramolecular Hbond substituents is 1. The van der Waals surface area contributed by atoms with Crippen molar-refractivity contribution in [3.8, 4) is 23.0 Å². The van der Waals surface area contributed by atoms with Crippen LogP contribution in [-0.2, 0) is 39.9 Å². The highest BCUT2D eigenvalue weighted by Crippen LogP contribution is 2.36. The van der Waals surface area contributed by atoms with Crippen LogP contribution in [0.4, 0.5) is 0 Å². The van der Waals surface area contributed by atoms with Crippen LogP contribution in [0.25, 0.3) is 0 Å². The molecule has 2 aromatic carbocycles. The molecule has 2 atom stereocenters. The van der Waals surface area contributed by atoms with Crippen molar-refractivity contribution in [2.24, 2.45) is 5.41 Å². The highest BCUT2D eigenvalue weighted by molar-refractivity contribution is 6.38. The number of aliphatic carboxylic acids is 1. The standard InChI is InChI=1S/C34H41NO12/c1-6-30(39)46-20-34(2,3)31(40)32(41)35-15-8-7-12-24(35)33(42)47-26(22-10-9-11-23(16-22)45-19-29(37)38)14-13-21-17-27(43-4)28(44-5)18-25(21)36/h6,9-11,16-18,24,26,36H,1,7-8,12-15,19-20H2,2-5H3,(H,37,38)/t24-,26?/m0/s1. The number of carbonyl (C=O) groups excluding carboxylic acids is 4. The van der Waals surface area contributed by atoms with Crippen molar-refractivity contribution in [2.75, 3.05) is 34.0 Å². The number of aromatic hydroxyl groups is 1. The second kappa shape index (κ2) is 16.5. The molecular weight excluding hydrogens is 614 g/mol. The molecule has 0 aromatic heterocycles. The molecule has 2 N–H and O–H groups in total. The number of hydrogen-bond donors (Lipinski definition) is 2. The third-order valence-electron chi connectivity index (χ3n) is 7.70. The van der Waals surface area contributed by atoms with Crippen LogP contribution in [-0.4, -0.2) is 84.7 Å². The third kappa shape index (κ3) is 9.71. The molecule has 1 aliphatic heterocycles. The van der Waals surface area contributed by atoms with Gasteiger partial charge in [0.1, 0.15) is 30.3 Å². The Morgan fingerprint density at radius 2 is 1.77 bits per heavy atom. The lowest BCUT2D eigenvalue weighted by Crippen LogP contribution is -2.53. The number of carboxylic acids is 1. The number of carbonyl (C=O) groups is 5. The normalized spacial score (nSPS) is 15.1.